The molecule has 0 aromatic heterocycles. The molecule has 1 aromatic carbocycles. The van der Waals surface area contributed by atoms with E-state index < -0.39 is 10.7 Å². The van der Waals surface area contributed by atoms with Crippen LogP contribution in [0.3, 0.4) is 0 Å². The van der Waals surface area contributed by atoms with Gasteiger partial charge in [-0.3, -0.25) is 4.79 Å². The zero-order valence-corrected chi connectivity index (χ0v) is 11.8. The molecule has 0 unspecified atom stereocenters. The summed E-state index contributed by atoms with van der Waals surface area (Å²) in [6, 6.07) is 4.07. The number of nitrogens with one attached hydrogen (secondary N) is 1. The first kappa shape index (κ1) is 14.9. The maximum Gasteiger partial charge on any atom is 1.00 e. The normalized spacial score (nSPS) is 9.53. The molecule has 0 aliphatic heterocycles. The van der Waals surface area contributed by atoms with E-state index in [1.807, 2.05) is 0 Å². The van der Waals surface area contributed by atoms with Gasteiger partial charge < -0.3 is 13.7 Å². The van der Waals surface area contributed by atoms with Gasteiger partial charge in [-0.25, -0.2) is 0 Å². The molecule has 0 aliphatic carbocycles. The number of hydrogen-bond donors (Lipinski definition) is 1. The van der Waals surface area contributed by atoms with Gasteiger partial charge in [0.2, 0.25) is 5.91 Å². The summed E-state index contributed by atoms with van der Waals surface area (Å²) in [6.07, 6.45) is 0. The third kappa shape index (κ3) is 4.53. The molecule has 0 saturated carbocycles. The largest absolute Gasteiger partial charge is 1.00 e. The molecular formula is C8H7ClNNaO3S. The first-order chi connectivity index (χ1) is 6.50. The van der Waals surface area contributed by atoms with Crippen LogP contribution >= 0.6 is 11.6 Å². The number of anilines is 1. The second-order valence-corrected chi connectivity index (χ2v) is 3.91. The summed E-state index contributed by atoms with van der Waals surface area (Å²) >= 11 is 5.73. The van der Waals surface area contributed by atoms with Crippen LogP contribution in [0.5, 0.6) is 0 Å². The van der Waals surface area contributed by atoms with Crippen LogP contribution in [-0.4, -0.2) is 5.91 Å². The van der Waals surface area contributed by atoms with Crippen molar-refractivity contribution in [2.45, 2.75) is 11.8 Å². The average Bonchev–Trinajstić information content (AvgIpc) is 2.07. The summed E-state index contributed by atoms with van der Waals surface area (Å²) in [4.78, 5) is 10.8. The molecule has 1 rings (SSSR count). The number of halogens is 1. The molecule has 0 heterocycles. The smallest absolute Gasteiger partial charge is 0.420 e. The van der Waals surface area contributed by atoms with Crippen molar-refractivity contribution in [2.24, 2.45) is 0 Å². The average molecular weight is 256 g/mol. The Hall–Kier alpha value is -0.0700. The van der Waals surface area contributed by atoms with Gasteiger partial charge >= 0.3 is 29.6 Å². The Labute approximate surface area is 116 Å². The van der Waals surface area contributed by atoms with E-state index in [4.69, 9.17) is 11.6 Å². The Morgan fingerprint density at radius 1 is 1.40 bits per heavy atom. The Morgan fingerprint density at radius 3 is 2.40 bits per heavy atom. The fraction of sp³-hybridized carbons (Fsp3) is 0.125. The van der Waals surface area contributed by atoms with Gasteiger partial charge in [-0.1, -0.05) is 28.6 Å². The first-order valence-corrected chi connectivity index (χ1v) is 5.12. The van der Waals surface area contributed by atoms with E-state index in [0.29, 0.717) is 5.69 Å². The minimum absolute atomic E-state index is 0. The van der Waals surface area contributed by atoms with Crippen LogP contribution < -0.4 is 34.9 Å². The molecule has 7 heteroatoms. The minimum Gasteiger partial charge on any atom is -0.420 e. The second kappa shape index (κ2) is 6.50. The summed E-state index contributed by atoms with van der Waals surface area (Å²) in [5.74, 6) is -0.261. The fourth-order valence-corrected chi connectivity index (χ4v) is 1.58. The van der Waals surface area contributed by atoms with Crippen LogP contribution in [0.25, 0.3) is 0 Å². The Kier molecular flexibility index (Phi) is 6.47. The predicted octanol–water partition coefficient (Wildman–Crippen LogP) is -1.03. The van der Waals surface area contributed by atoms with Crippen LogP contribution in [0.2, 0.25) is 5.02 Å². The molecule has 1 amide bonds. The predicted molar refractivity (Wildman–Crippen MR) is 52.8 cm³/mol. The van der Waals surface area contributed by atoms with Crippen LogP contribution in [0.4, 0.5) is 5.69 Å². The summed E-state index contributed by atoms with van der Waals surface area (Å²) < 4.78 is 21.1. The molecule has 76 valence electrons. The second-order valence-electron chi connectivity index (χ2n) is 2.56. The van der Waals surface area contributed by atoms with Gasteiger partial charge in [0.05, 0.1) is 10.7 Å². The van der Waals surface area contributed by atoms with E-state index in [0.717, 1.165) is 0 Å². The number of benzene rings is 1. The number of rotatable bonds is 2. The topological polar surface area (TPSA) is 63.2 Å². The standard InChI is InChI=1S/C8H7ClNO3S.Na/c1-5(11)10-8-3-2-6(14(12)13)4-7(8)9;/h2-4H,1H3,(H,10,11);/q-1;+1. The molecule has 0 radical (unpaired) electrons. The minimum atomic E-state index is -2.31. The van der Waals surface area contributed by atoms with E-state index in [2.05, 4.69) is 5.32 Å². The third-order valence-corrected chi connectivity index (χ3v) is 2.40. The third-order valence-electron chi connectivity index (χ3n) is 1.44. The summed E-state index contributed by atoms with van der Waals surface area (Å²) in [7, 11) is -2.31. The van der Waals surface area contributed by atoms with E-state index >= 15 is 0 Å². The Bertz CT molecular complexity index is 440. The quantitative estimate of drug-likeness (QED) is 0.543. The van der Waals surface area contributed by atoms with Crippen LogP contribution in [0.1, 0.15) is 6.92 Å². The van der Waals surface area contributed by atoms with E-state index in [1.54, 1.807) is 0 Å². The molecule has 0 bridgehead atoms. The molecule has 0 spiro atoms. The molecule has 4 nitrogen and oxygen atoms in total. The number of carbonyl (C=O) groups is 1. The Balaban J connectivity index is 0.00000196. The first-order valence-electron chi connectivity index (χ1n) is 3.67. The van der Waals surface area contributed by atoms with Crippen LogP contribution in [-0.2, 0) is 23.9 Å². The van der Waals surface area contributed by atoms with Crippen molar-refractivity contribution in [3.8, 4) is 0 Å². The maximum absolute atomic E-state index is 10.7. The van der Waals surface area contributed by atoms with Gasteiger partial charge in [-0.2, -0.15) is 0 Å². The molecule has 1 N–H and O–H groups in total. The summed E-state index contributed by atoms with van der Waals surface area (Å²) in [5, 5.41) is 2.66. The van der Waals surface area contributed by atoms with E-state index in [1.165, 1.54) is 25.1 Å². The zero-order chi connectivity index (χ0) is 10.7. The van der Waals surface area contributed by atoms with Gasteiger partial charge in [0.25, 0.3) is 0 Å². The molecule has 0 saturated heterocycles. The Morgan fingerprint density at radius 2 is 2.00 bits per heavy atom. The van der Waals surface area contributed by atoms with Crippen molar-refractivity contribution in [1.29, 1.82) is 0 Å². The molecule has 0 atom stereocenters. The number of carbonyl (C=O) groups excluding carboxylic acids is 1. The van der Waals surface area contributed by atoms with Gasteiger partial charge in [0, 0.05) is 6.92 Å². The summed E-state index contributed by atoms with van der Waals surface area (Å²) in [6.45, 7) is 1.34. The molecule has 0 fully saturated rings. The van der Waals surface area contributed by atoms with Crippen molar-refractivity contribution in [3.63, 3.8) is 0 Å². The maximum atomic E-state index is 10.7. The number of hydrogen-bond acceptors (Lipinski definition) is 4. The SMILES string of the molecule is CC(=O)Nc1ccc([S-](=O)=O)cc1Cl.[Na+]. The van der Waals surface area contributed by atoms with Crippen LogP contribution in [0.15, 0.2) is 23.1 Å². The van der Waals surface area contributed by atoms with Gasteiger partial charge in [-0.05, 0) is 16.8 Å². The van der Waals surface area contributed by atoms with Gasteiger partial charge in [0.1, 0.15) is 0 Å². The van der Waals surface area contributed by atoms with Gasteiger partial charge in [0.15, 0.2) is 0 Å². The monoisotopic (exact) mass is 255 g/mol. The van der Waals surface area contributed by atoms with Crippen LogP contribution in [0, 0.1) is 0 Å². The van der Waals surface area contributed by atoms with Crippen molar-refractivity contribution >= 4 is 33.9 Å². The fourth-order valence-electron chi connectivity index (χ4n) is 0.891. The van der Waals surface area contributed by atoms with E-state index in [9.17, 15) is 13.2 Å². The van der Waals surface area contributed by atoms with Crippen molar-refractivity contribution in [1.82, 2.24) is 0 Å². The van der Waals surface area contributed by atoms with Crippen molar-refractivity contribution < 1.29 is 42.8 Å². The van der Waals surface area contributed by atoms with Crippen molar-refractivity contribution in [3.05, 3.63) is 23.2 Å². The molecule has 15 heavy (non-hydrogen) atoms. The van der Waals surface area contributed by atoms with Gasteiger partial charge in [-0.15, -0.1) is 0 Å². The number of amides is 1. The van der Waals surface area contributed by atoms with E-state index in [-0.39, 0.29) is 45.4 Å². The molecule has 1 aromatic rings. The molecule has 0 aliphatic rings. The van der Waals surface area contributed by atoms with Crippen molar-refractivity contribution in [2.75, 3.05) is 5.32 Å². The molecular weight excluding hydrogens is 249 g/mol. The zero-order valence-electron chi connectivity index (χ0n) is 8.24. The summed E-state index contributed by atoms with van der Waals surface area (Å²) in [5.41, 5.74) is 0.397.